The molecule has 0 aromatic carbocycles. The van der Waals surface area contributed by atoms with Crippen LogP contribution < -0.4 is 16.8 Å². The minimum Gasteiger partial charge on any atom is -0.365 e. The molecule has 0 spiro atoms. The van der Waals surface area contributed by atoms with Crippen molar-refractivity contribution < 1.29 is 14.4 Å². The number of piperidine rings is 1. The van der Waals surface area contributed by atoms with Crippen LogP contribution in [0.15, 0.2) is 12.1 Å². The summed E-state index contributed by atoms with van der Waals surface area (Å²) >= 11 is 2.59. The van der Waals surface area contributed by atoms with Gasteiger partial charge in [-0.2, -0.15) is 10.5 Å². The Hall–Kier alpha value is -3.67. The quantitative estimate of drug-likeness (QED) is 0.308. The molecule has 2 fully saturated rings. The van der Waals surface area contributed by atoms with Crippen LogP contribution in [-0.2, 0) is 23.1 Å². The van der Waals surface area contributed by atoms with Crippen molar-refractivity contribution in [1.29, 1.82) is 5.26 Å². The number of nitrogens with two attached hydrogens (primary N) is 2. The molecule has 2 aliphatic carbocycles. The Morgan fingerprint density at radius 3 is 2.36 bits per heavy atom. The minimum atomic E-state index is -0.967. The second-order valence-electron chi connectivity index (χ2n) is 10.5. The van der Waals surface area contributed by atoms with Crippen LogP contribution in [0, 0.1) is 17.2 Å². The molecule has 3 aromatic rings. The van der Waals surface area contributed by atoms with Gasteiger partial charge < -0.3 is 21.7 Å². The van der Waals surface area contributed by atoms with Crippen LogP contribution >= 0.6 is 22.7 Å². The number of H-pyrrole nitrogens is 1. The highest BCUT2D eigenvalue weighted by Crippen LogP contribution is 2.52. The van der Waals surface area contributed by atoms with Gasteiger partial charge in [0, 0.05) is 21.8 Å². The number of primary amides is 2. The number of hydrogen-bond acceptors (Lipinski definition) is 10. The van der Waals surface area contributed by atoms with E-state index in [-0.39, 0.29) is 30.6 Å². The molecule has 39 heavy (non-hydrogen) atoms. The summed E-state index contributed by atoms with van der Waals surface area (Å²) in [7, 11) is 0. The third kappa shape index (κ3) is 4.21. The number of aromatic nitrogens is 4. The second-order valence-corrected chi connectivity index (χ2v) is 12.6. The second kappa shape index (κ2) is 9.51. The highest BCUT2D eigenvalue weighted by Gasteiger charge is 2.54. The number of nitrogens with one attached hydrogen (secondary N) is 2. The highest BCUT2D eigenvalue weighted by molar-refractivity contribution is 7.16. The van der Waals surface area contributed by atoms with E-state index >= 15 is 0 Å². The van der Waals surface area contributed by atoms with E-state index in [1.165, 1.54) is 22.7 Å². The maximum Gasteiger partial charge on any atom is 0.258 e. The number of carbonyl (C=O) groups excluding carboxylic acids is 3. The Labute approximate surface area is 231 Å². The maximum atomic E-state index is 13.1. The lowest BCUT2D eigenvalue weighted by atomic mass is 9.76. The summed E-state index contributed by atoms with van der Waals surface area (Å²) in [4.78, 5) is 41.8. The van der Waals surface area contributed by atoms with Crippen molar-refractivity contribution >= 4 is 40.4 Å². The van der Waals surface area contributed by atoms with Gasteiger partial charge in [0.1, 0.15) is 11.5 Å². The zero-order valence-electron chi connectivity index (χ0n) is 21.1. The van der Waals surface area contributed by atoms with Crippen molar-refractivity contribution in [2.24, 2.45) is 17.4 Å². The third-order valence-electron chi connectivity index (χ3n) is 8.03. The fraction of sp³-hybridized carbons (Fsp3) is 0.480. The van der Waals surface area contributed by atoms with E-state index in [2.05, 4.69) is 32.0 Å². The average molecular weight is 566 g/mol. The molecule has 4 atom stereocenters. The van der Waals surface area contributed by atoms with Gasteiger partial charge in [0.05, 0.1) is 22.4 Å². The molecule has 1 aliphatic heterocycles. The minimum absolute atomic E-state index is 0.0819. The summed E-state index contributed by atoms with van der Waals surface area (Å²) in [6.07, 6.45) is 3.39. The summed E-state index contributed by atoms with van der Waals surface area (Å²) in [5.74, 6) is -0.294. The van der Waals surface area contributed by atoms with E-state index in [9.17, 15) is 19.6 Å². The van der Waals surface area contributed by atoms with E-state index in [4.69, 9.17) is 11.5 Å². The molecule has 0 bridgehead atoms. The number of rotatable bonds is 8. The standard InChI is InChI=1S/C25H27N9O3S2/c1-11(29-10-19(35)34-15(9-26)4-14-5-16(14)34)8-25(24-30-32-33-31-24)20-12(6-17(38-20)22(27)36)2-3-13-7-18(23(28)37)39-21(13)25/h6-7,11,14-16,29H,2-5,8,10H2,1H3,(H2,27,36)(H2,28,37)(H,30,31,32,33)/t11-,14+,15-,16-/m0/s1. The first-order chi connectivity index (χ1) is 18.7. The smallest absolute Gasteiger partial charge is 0.258 e. The molecule has 0 unspecified atom stereocenters. The van der Waals surface area contributed by atoms with E-state index < -0.39 is 17.2 Å². The van der Waals surface area contributed by atoms with E-state index in [1.54, 1.807) is 4.90 Å². The Bertz CT molecular complexity index is 1440. The van der Waals surface area contributed by atoms with Gasteiger partial charge in [-0.3, -0.25) is 14.4 Å². The number of carbonyl (C=O) groups is 3. The molecule has 3 amide bonds. The number of likely N-dealkylation sites (tertiary alicyclic amines) is 1. The number of aromatic amines is 1. The monoisotopic (exact) mass is 565 g/mol. The van der Waals surface area contributed by atoms with Gasteiger partial charge in [-0.25, -0.2) is 0 Å². The average Bonchev–Trinajstić information content (AvgIpc) is 3.42. The van der Waals surface area contributed by atoms with Gasteiger partial charge in [0.2, 0.25) is 5.91 Å². The van der Waals surface area contributed by atoms with Crippen LogP contribution in [-0.4, -0.2) is 67.9 Å². The van der Waals surface area contributed by atoms with Gasteiger partial charge in [0.25, 0.3) is 11.8 Å². The fourth-order valence-electron chi connectivity index (χ4n) is 6.20. The summed E-state index contributed by atoms with van der Waals surface area (Å²) in [5, 5.41) is 28.1. The lowest BCUT2D eigenvalue weighted by Gasteiger charge is -2.33. The number of nitriles is 1. The van der Waals surface area contributed by atoms with Crippen LogP contribution in [0.3, 0.4) is 0 Å². The molecule has 1 saturated heterocycles. The number of aryl methyl sites for hydroxylation is 2. The van der Waals surface area contributed by atoms with Gasteiger partial charge >= 0.3 is 0 Å². The maximum absolute atomic E-state index is 13.1. The van der Waals surface area contributed by atoms with E-state index in [0.29, 0.717) is 40.8 Å². The van der Waals surface area contributed by atoms with Crippen LogP contribution in [0.1, 0.15) is 72.2 Å². The molecule has 6 N–H and O–H groups in total. The zero-order valence-corrected chi connectivity index (χ0v) is 22.8. The lowest BCUT2D eigenvalue weighted by Crippen LogP contribution is -2.46. The molecular formula is C25H27N9O3S2. The van der Waals surface area contributed by atoms with Crippen LogP contribution in [0.5, 0.6) is 0 Å². The SMILES string of the molecule is C[C@@H](CC1(c2nn[nH]n2)c2sc(C(N)=O)cc2CCc2cc(C(N)=O)sc21)NCC(=O)N1[C@H](C#N)C[C@@H]2C[C@@H]21. The molecule has 3 aromatic heterocycles. The molecular weight excluding hydrogens is 538 g/mol. The first-order valence-corrected chi connectivity index (χ1v) is 14.4. The van der Waals surface area contributed by atoms with E-state index in [0.717, 1.165) is 33.7 Å². The molecule has 3 aliphatic rings. The Morgan fingerprint density at radius 2 is 1.82 bits per heavy atom. The van der Waals surface area contributed by atoms with Crippen molar-refractivity contribution in [3.05, 3.63) is 48.6 Å². The Kier molecular flexibility index (Phi) is 6.24. The predicted molar refractivity (Wildman–Crippen MR) is 142 cm³/mol. The highest BCUT2D eigenvalue weighted by atomic mass is 32.1. The van der Waals surface area contributed by atoms with Crippen molar-refractivity contribution in [3.8, 4) is 6.07 Å². The number of hydrogen-bond donors (Lipinski definition) is 4. The number of fused-ring (bicyclic) bond motifs is 3. The van der Waals surface area contributed by atoms with Gasteiger partial charge in [-0.15, -0.1) is 32.9 Å². The number of nitrogens with zero attached hydrogens (tertiary/aromatic N) is 5. The summed E-state index contributed by atoms with van der Waals surface area (Å²) in [6, 6.07) is 5.49. The molecule has 1 saturated carbocycles. The first-order valence-electron chi connectivity index (χ1n) is 12.8. The third-order valence-corrected chi connectivity index (χ3v) is 10.7. The van der Waals surface area contributed by atoms with Gasteiger partial charge in [-0.05, 0) is 68.2 Å². The molecule has 12 nitrogen and oxygen atoms in total. The van der Waals surface area contributed by atoms with Crippen molar-refractivity contribution in [2.45, 2.75) is 62.6 Å². The number of tetrazole rings is 1. The zero-order chi connectivity index (χ0) is 27.5. The van der Waals surface area contributed by atoms with Gasteiger partial charge in [-0.1, -0.05) is 5.21 Å². The molecule has 0 radical (unpaired) electrons. The Morgan fingerprint density at radius 1 is 1.18 bits per heavy atom. The Balaban J connectivity index is 1.38. The van der Waals surface area contributed by atoms with Crippen molar-refractivity contribution in [1.82, 2.24) is 30.8 Å². The number of thiophene rings is 2. The van der Waals surface area contributed by atoms with Gasteiger partial charge in [0.15, 0.2) is 5.82 Å². The fourth-order valence-corrected chi connectivity index (χ4v) is 8.80. The van der Waals surface area contributed by atoms with Crippen LogP contribution in [0.4, 0.5) is 0 Å². The summed E-state index contributed by atoms with van der Waals surface area (Å²) in [6.45, 7) is 2.05. The summed E-state index contributed by atoms with van der Waals surface area (Å²) < 4.78 is 0. The summed E-state index contributed by atoms with van der Waals surface area (Å²) in [5.41, 5.74) is 12.3. The molecule has 6 rings (SSSR count). The lowest BCUT2D eigenvalue weighted by molar-refractivity contribution is -0.131. The first kappa shape index (κ1) is 25.6. The number of amides is 3. The predicted octanol–water partition coefficient (Wildman–Crippen LogP) is 0.835. The molecule has 202 valence electrons. The largest absolute Gasteiger partial charge is 0.365 e. The van der Waals surface area contributed by atoms with Crippen LogP contribution in [0.25, 0.3) is 0 Å². The molecule has 14 heteroatoms. The normalized spacial score (nSPS) is 23.2. The molecule has 4 heterocycles. The van der Waals surface area contributed by atoms with E-state index in [1.807, 2.05) is 19.1 Å². The van der Waals surface area contributed by atoms with Crippen molar-refractivity contribution in [3.63, 3.8) is 0 Å². The van der Waals surface area contributed by atoms with Crippen molar-refractivity contribution in [2.75, 3.05) is 6.54 Å². The topological polar surface area (TPSA) is 197 Å². The van der Waals surface area contributed by atoms with Crippen LogP contribution in [0.2, 0.25) is 0 Å².